The number of allylic oxidation sites excluding steroid dienone is 4. The van der Waals surface area contributed by atoms with Crippen LogP contribution in [0.2, 0.25) is 0 Å². The topological polar surface area (TPSA) is 175 Å². The van der Waals surface area contributed by atoms with Crippen molar-refractivity contribution in [2.75, 3.05) is 28.4 Å². The van der Waals surface area contributed by atoms with E-state index in [1.165, 1.54) is 54.5 Å². The van der Waals surface area contributed by atoms with E-state index in [1.807, 2.05) is 12.1 Å². The summed E-state index contributed by atoms with van der Waals surface area (Å²) in [7, 11) is 7.48. The number of ether oxygens (including phenoxy) is 4. The minimum absolute atomic E-state index is 0.0351. The Hall–Kier alpha value is -7.42. The molecule has 4 aromatic carbocycles. The Bertz CT molecular complexity index is 3070. The highest BCUT2D eigenvalue weighted by atomic mass is 16.5. The summed E-state index contributed by atoms with van der Waals surface area (Å²) >= 11 is 0. The van der Waals surface area contributed by atoms with Gasteiger partial charge in [0.25, 0.3) is 5.56 Å². The zero-order chi connectivity index (χ0) is 43.6. The van der Waals surface area contributed by atoms with E-state index in [-0.39, 0.29) is 65.8 Å². The van der Waals surface area contributed by atoms with Gasteiger partial charge in [0.15, 0.2) is 23.1 Å². The summed E-state index contributed by atoms with van der Waals surface area (Å²) in [5, 5.41) is 12.0. The number of carbonyl (C=O) groups is 2. The third-order valence-electron chi connectivity index (χ3n) is 12.8. The standard InChI is InChI=1S/C47H43N5O10/c1-49-35-25-38(61-4)37(60-3)24-33(35)48-32(44(49)56)17-18-50-45(57)51-19-16-29-34(52(51)46(50)58)23-31-43(55)30(26-12-8-6-9-13-26)22-40(54)47(31,27-14-10-7-11-15-27)42(29)41-36(53)20-28(59-2)21-39(41)62-5/h6-16,20-22,24-25,31,34,42,53H,17-19,23H2,1-5H3. The molecule has 4 unspecified atom stereocenters. The summed E-state index contributed by atoms with van der Waals surface area (Å²) < 4.78 is 27.5. The Kier molecular flexibility index (Phi) is 9.84. The van der Waals surface area contributed by atoms with Crippen LogP contribution < -0.4 is 35.9 Å². The van der Waals surface area contributed by atoms with Gasteiger partial charge in [0.1, 0.15) is 22.9 Å². The normalized spacial score (nSPS) is 20.4. The summed E-state index contributed by atoms with van der Waals surface area (Å²) in [6.07, 6.45) is 3.12. The first kappa shape index (κ1) is 40.0. The molecule has 316 valence electrons. The lowest BCUT2D eigenvalue weighted by molar-refractivity contribution is -0.133. The van der Waals surface area contributed by atoms with E-state index in [0.29, 0.717) is 45.0 Å². The Balaban J connectivity index is 1.22. The second kappa shape index (κ2) is 15.2. The molecule has 1 N–H and O–H groups in total. The minimum atomic E-state index is -1.62. The number of fused-ring (bicyclic) bond motifs is 5. The van der Waals surface area contributed by atoms with Crippen molar-refractivity contribution in [1.29, 1.82) is 0 Å². The molecule has 1 saturated carbocycles. The number of benzene rings is 4. The molecule has 3 aliphatic rings. The van der Waals surface area contributed by atoms with Crippen LogP contribution in [0, 0.1) is 5.92 Å². The van der Waals surface area contributed by atoms with Crippen LogP contribution in [0.5, 0.6) is 28.7 Å². The molecule has 2 aromatic heterocycles. The smallest absolute Gasteiger partial charge is 0.347 e. The second-order valence-corrected chi connectivity index (χ2v) is 15.6. The molecule has 3 heterocycles. The van der Waals surface area contributed by atoms with Gasteiger partial charge in [-0.2, -0.15) is 0 Å². The summed E-state index contributed by atoms with van der Waals surface area (Å²) in [4.78, 5) is 77.9. The number of phenolic OH excluding ortho intramolecular Hbond substituents is 1. The van der Waals surface area contributed by atoms with E-state index in [2.05, 4.69) is 4.98 Å². The van der Waals surface area contributed by atoms with E-state index in [0.717, 1.165) is 4.57 Å². The lowest BCUT2D eigenvalue weighted by Gasteiger charge is -2.54. The average molecular weight is 838 g/mol. The van der Waals surface area contributed by atoms with Gasteiger partial charge in [-0.15, -0.1) is 0 Å². The third kappa shape index (κ3) is 5.85. The molecule has 0 radical (unpaired) electrons. The molecule has 0 spiro atoms. The number of carbonyl (C=O) groups excluding carboxylic acids is 2. The van der Waals surface area contributed by atoms with Crippen molar-refractivity contribution in [1.82, 2.24) is 23.5 Å². The number of methoxy groups -OCH3 is 4. The molecular weight excluding hydrogens is 795 g/mol. The summed E-state index contributed by atoms with van der Waals surface area (Å²) in [6, 6.07) is 23.4. The number of rotatable bonds is 10. The molecule has 0 saturated heterocycles. The number of nitrogens with zero attached hydrogens (tertiary/aromatic N) is 5. The fourth-order valence-electron chi connectivity index (χ4n) is 9.94. The molecule has 9 rings (SSSR count). The summed E-state index contributed by atoms with van der Waals surface area (Å²) in [5.74, 6) is -1.74. The number of aromatic hydroxyl groups is 1. The number of hydrogen-bond acceptors (Lipinski definition) is 11. The van der Waals surface area contributed by atoms with Crippen molar-refractivity contribution in [3.05, 3.63) is 156 Å². The summed E-state index contributed by atoms with van der Waals surface area (Å²) in [5.41, 5.74) is -0.119. The van der Waals surface area contributed by atoms with Gasteiger partial charge < -0.3 is 28.6 Å². The molecule has 6 aromatic rings. The van der Waals surface area contributed by atoms with Crippen molar-refractivity contribution >= 4 is 28.2 Å². The second-order valence-electron chi connectivity index (χ2n) is 15.6. The van der Waals surface area contributed by atoms with Crippen LogP contribution in [-0.2, 0) is 41.6 Å². The molecule has 0 amide bonds. The van der Waals surface area contributed by atoms with E-state index in [9.17, 15) is 19.5 Å². The van der Waals surface area contributed by atoms with E-state index in [1.54, 1.807) is 79.9 Å². The molecule has 15 heteroatoms. The van der Waals surface area contributed by atoms with Crippen LogP contribution in [0.15, 0.2) is 117 Å². The molecule has 15 nitrogen and oxygen atoms in total. The molecular formula is C47H43N5O10. The van der Waals surface area contributed by atoms with Gasteiger partial charge in [-0.05, 0) is 29.2 Å². The Morgan fingerprint density at radius 2 is 1.48 bits per heavy atom. The van der Waals surface area contributed by atoms with Gasteiger partial charge in [0.2, 0.25) is 0 Å². The first-order valence-corrected chi connectivity index (χ1v) is 20.1. The molecule has 62 heavy (non-hydrogen) atoms. The summed E-state index contributed by atoms with van der Waals surface area (Å²) in [6.45, 7) is -0.247. The predicted molar refractivity (Wildman–Crippen MR) is 228 cm³/mol. The van der Waals surface area contributed by atoms with Gasteiger partial charge in [0, 0.05) is 67.3 Å². The Labute approximate surface area is 354 Å². The van der Waals surface area contributed by atoms with Gasteiger partial charge in [-0.3, -0.25) is 14.4 Å². The number of hydrogen-bond donors (Lipinski definition) is 1. The zero-order valence-corrected chi connectivity index (χ0v) is 34.7. The van der Waals surface area contributed by atoms with Crippen molar-refractivity contribution in [2.24, 2.45) is 13.0 Å². The number of Topliss-reactive ketones (excluding diaryl/α,β-unsaturated/α-hetero) is 1. The third-order valence-corrected chi connectivity index (χ3v) is 12.8. The van der Waals surface area contributed by atoms with Crippen molar-refractivity contribution in [3.63, 3.8) is 0 Å². The highest BCUT2D eigenvalue weighted by Crippen LogP contribution is 2.63. The van der Waals surface area contributed by atoms with Crippen LogP contribution in [-0.4, -0.2) is 68.6 Å². The number of aromatic nitrogens is 5. The van der Waals surface area contributed by atoms with Gasteiger partial charge in [-0.25, -0.2) is 28.5 Å². The van der Waals surface area contributed by atoms with E-state index in [4.69, 9.17) is 18.9 Å². The SMILES string of the molecule is COc1cc(O)c(C2C3=CCn4c(=O)n(CCc5nc6cc(OC)c(OC)cc6n(C)c5=O)c(=O)n4C3CC3C(=O)C(c4ccccc4)=CC(=O)C32c2ccccc2)c(OC)c1. The number of aryl methyl sites for hydroxylation is 2. The minimum Gasteiger partial charge on any atom is -0.507 e. The fourth-order valence-corrected chi connectivity index (χ4v) is 9.94. The predicted octanol–water partition coefficient (Wildman–Crippen LogP) is 4.50. The molecule has 4 atom stereocenters. The van der Waals surface area contributed by atoms with Crippen molar-refractivity contribution in [2.45, 2.75) is 43.3 Å². The Morgan fingerprint density at radius 3 is 2.16 bits per heavy atom. The molecule has 0 bridgehead atoms. The first-order valence-electron chi connectivity index (χ1n) is 20.1. The van der Waals surface area contributed by atoms with Crippen LogP contribution >= 0.6 is 0 Å². The van der Waals surface area contributed by atoms with E-state index >= 15 is 9.59 Å². The lowest BCUT2D eigenvalue weighted by atomic mass is 9.47. The van der Waals surface area contributed by atoms with Crippen molar-refractivity contribution < 1.29 is 33.6 Å². The zero-order valence-electron chi connectivity index (χ0n) is 34.7. The molecule has 1 fully saturated rings. The first-order chi connectivity index (χ1) is 30.0. The highest BCUT2D eigenvalue weighted by molar-refractivity contribution is 6.31. The van der Waals surface area contributed by atoms with Gasteiger partial charge in [0.05, 0.1) is 57.5 Å². The fraction of sp³-hybridized carbons (Fsp3) is 0.277. The lowest BCUT2D eigenvalue weighted by Crippen LogP contribution is -2.58. The quantitative estimate of drug-likeness (QED) is 0.193. The largest absolute Gasteiger partial charge is 0.507 e. The monoisotopic (exact) mass is 837 g/mol. The van der Waals surface area contributed by atoms with Crippen molar-refractivity contribution in [3.8, 4) is 28.7 Å². The van der Waals surface area contributed by atoms with Crippen LogP contribution in [0.3, 0.4) is 0 Å². The average Bonchev–Trinajstić information content (AvgIpc) is 3.54. The maximum absolute atomic E-state index is 15.4. The molecule has 2 aliphatic carbocycles. The maximum atomic E-state index is 15.4. The maximum Gasteiger partial charge on any atom is 0.347 e. The van der Waals surface area contributed by atoms with Gasteiger partial charge >= 0.3 is 11.4 Å². The number of ketones is 2. The Morgan fingerprint density at radius 1 is 0.806 bits per heavy atom. The molecule has 1 aliphatic heterocycles. The highest BCUT2D eigenvalue weighted by Gasteiger charge is 2.64. The van der Waals surface area contributed by atoms with Crippen LogP contribution in [0.25, 0.3) is 16.6 Å². The van der Waals surface area contributed by atoms with Crippen LogP contribution in [0.4, 0.5) is 0 Å². The van der Waals surface area contributed by atoms with Gasteiger partial charge in [-0.1, -0.05) is 66.7 Å². The van der Waals surface area contributed by atoms with E-state index < -0.39 is 40.2 Å². The number of phenols is 1. The van der Waals surface area contributed by atoms with Crippen LogP contribution in [0.1, 0.15) is 40.8 Å².